The number of thiophene rings is 1. The molecule has 0 saturated carbocycles. The second kappa shape index (κ2) is 5.29. The number of rotatable bonds is 4. The number of carboxylic acids is 1. The summed E-state index contributed by atoms with van der Waals surface area (Å²) in [6.07, 6.45) is 1.48. The van der Waals surface area contributed by atoms with Gasteiger partial charge in [0.25, 0.3) is 0 Å². The molecular formula is C11H9BrN2O2S. The third-order valence-electron chi connectivity index (χ3n) is 2.07. The Labute approximate surface area is 110 Å². The molecule has 0 amide bonds. The Kier molecular flexibility index (Phi) is 3.75. The SMILES string of the molecule is O=C(O)c1ccnc(NCc2cc(Br)cs2)c1. The molecule has 0 bridgehead atoms. The van der Waals surface area contributed by atoms with Crippen molar-refractivity contribution >= 4 is 39.1 Å². The summed E-state index contributed by atoms with van der Waals surface area (Å²) in [6.45, 7) is 0.631. The van der Waals surface area contributed by atoms with Crippen LogP contribution >= 0.6 is 27.3 Å². The standard InChI is InChI=1S/C11H9BrN2O2S/c12-8-4-9(17-6-8)5-14-10-3-7(11(15)16)1-2-13-10/h1-4,6H,5H2,(H,13,14)(H,15,16). The van der Waals surface area contributed by atoms with E-state index >= 15 is 0 Å². The smallest absolute Gasteiger partial charge is 0.335 e. The molecule has 0 atom stereocenters. The molecule has 6 heteroatoms. The van der Waals surface area contributed by atoms with Crippen LogP contribution in [-0.2, 0) is 6.54 Å². The second-order valence-electron chi connectivity index (χ2n) is 3.32. The van der Waals surface area contributed by atoms with Crippen LogP contribution in [-0.4, -0.2) is 16.1 Å². The van der Waals surface area contributed by atoms with Crippen molar-refractivity contribution in [3.63, 3.8) is 0 Å². The lowest BCUT2D eigenvalue weighted by Crippen LogP contribution is -2.02. The number of carboxylic acid groups (broad SMARTS) is 1. The predicted octanol–water partition coefficient (Wildman–Crippen LogP) is 3.22. The van der Waals surface area contributed by atoms with Gasteiger partial charge in [-0.15, -0.1) is 11.3 Å². The number of nitrogens with one attached hydrogen (secondary N) is 1. The van der Waals surface area contributed by atoms with Gasteiger partial charge in [0.2, 0.25) is 0 Å². The Morgan fingerprint density at radius 3 is 3.00 bits per heavy atom. The van der Waals surface area contributed by atoms with E-state index in [2.05, 4.69) is 26.2 Å². The van der Waals surface area contributed by atoms with E-state index in [1.807, 2.05) is 11.4 Å². The monoisotopic (exact) mass is 312 g/mol. The predicted molar refractivity (Wildman–Crippen MR) is 70.5 cm³/mol. The van der Waals surface area contributed by atoms with Gasteiger partial charge in [0.05, 0.1) is 12.1 Å². The lowest BCUT2D eigenvalue weighted by molar-refractivity contribution is 0.0697. The van der Waals surface area contributed by atoms with Crippen molar-refractivity contribution in [2.45, 2.75) is 6.54 Å². The van der Waals surface area contributed by atoms with E-state index in [-0.39, 0.29) is 5.56 Å². The summed E-state index contributed by atoms with van der Waals surface area (Å²) in [4.78, 5) is 16.0. The summed E-state index contributed by atoms with van der Waals surface area (Å²) in [5.74, 6) is -0.385. The summed E-state index contributed by atoms with van der Waals surface area (Å²) < 4.78 is 1.05. The molecular weight excluding hydrogens is 304 g/mol. The number of anilines is 1. The molecule has 2 heterocycles. The van der Waals surface area contributed by atoms with Crippen LogP contribution < -0.4 is 5.32 Å². The first-order valence-electron chi connectivity index (χ1n) is 4.81. The molecule has 0 aliphatic carbocycles. The molecule has 2 N–H and O–H groups in total. The molecule has 4 nitrogen and oxygen atoms in total. The molecule has 0 spiro atoms. The summed E-state index contributed by atoms with van der Waals surface area (Å²) in [5, 5.41) is 13.9. The fraction of sp³-hybridized carbons (Fsp3) is 0.0909. The van der Waals surface area contributed by atoms with Crippen LogP contribution in [0.3, 0.4) is 0 Å². The summed E-state index contributed by atoms with van der Waals surface area (Å²) in [7, 11) is 0. The highest BCUT2D eigenvalue weighted by Crippen LogP contribution is 2.20. The first kappa shape index (κ1) is 12.1. The van der Waals surface area contributed by atoms with E-state index in [1.165, 1.54) is 18.3 Å². The molecule has 0 aromatic carbocycles. The first-order chi connectivity index (χ1) is 8.15. The van der Waals surface area contributed by atoms with Gasteiger partial charge in [0.15, 0.2) is 0 Å². The van der Waals surface area contributed by atoms with Gasteiger partial charge < -0.3 is 10.4 Å². The fourth-order valence-electron chi connectivity index (χ4n) is 1.28. The number of aromatic carboxylic acids is 1. The van der Waals surface area contributed by atoms with Crippen molar-refractivity contribution in [1.29, 1.82) is 0 Å². The zero-order valence-corrected chi connectivity index (χ0v) is 11.1. The van der Waals surface area contributed by atoms with Crippen LogP contribution in [0.15, 0.2) is 34.2 Å². The van der Waals surface area contributed by atoms with E-state index in [9.17, 15) is 4.79 Å². The Bertz CT molecular complexity index is 542. The quantitative estimate of drug-likeness (QED) is 0.910. The lowest BCUT2D eigenvalue weighted by atomic mass is 10.2. The maximum atomic E-state index is 10.8. The zero-order chi connectivity index (χ0) is 12.3. The first-order valence-corrected chi connectivity index (χ1v) is 6.48. The zero-order valence-electron chi connectivity index (χ0n) is 8.68. The summed E-state index contributed by atoms with van der Waals surface area (Å²) >= 11 is 5.00. The van der Waals surface area contributed by atoms with E-state index in [4.69, 9.17) is 5.11 Å². The number of halogens is 1. The molecule has 2 aromatic rings. The number of pyridine rings is 1. The molecule has 0 aliphatic heterocycles. The number of hydrogen-bond donors (Lipinski definition) is 2. The summed E-state index contributed by atoms with van der Waals surface area (Å²) in [6, 6.07) is 5.00. The van der Waals surface area contributed by atoms with Crippen molar-refractivity contribution in [3.8, 4) is 0 Å². The van der Waals surface area contributed by atoms with Gasteiger partial charge in [-0.2, -0.15) is 0 Å². The topological polar surface area (TPSA) is 62.2 Å². The van der Waals surface area contributed by atoms with E-state index in [0.717, 1.165) is 9.35 Å². The van der Waals surface area contributed by atoms with E-state index in [1.54, 1.807) is 11.3 Å². The highest BCUT2D eigenvalue weighted by atomic mass is 79.9. The fourth-order valence-corrected chi connectivity index (χ4v) is 2.68. The van der Waals surface area contributed by atoms with E-state index < -0.39 is 5.97 Å². The van der Waals surface area contributed by atoms with Crippen molar-refractivity contribution in [2.75, 3.05) is 5.32 Å². The van der Waals surface area contributed by atoms with Crippen LogP contribution in [0.4, 0.5) is 5.82 Å². The van der Waals surface area contributed by atoms with Crippen LogP contribution in [0.25, 0.3) is 0 Å². The number of aromatic nitrogens is 1. The third kappa shape index (κ3) is 3.28. The largest absolute Gasteiger partial charge is 0.478 e. The molecule has 2 rings (SSSR count). The average Bonchev–Trinajstić information content (AvgIpc) is 2.73. The second-order valence-corrected chi connectivity index (χ2v) is 5.23. The van der Waals surface area contributed by atoms with Crippen molar-refractivity contribution in [2.24, 2.45) is 0 Å². The average molecular weight is 313 g/mol. The van der Waals surface area contributed by atoms with Gasteiger partial charge in [-0.3, -0.25) is 0 Å². The van der Waals surface area contributed by atoms with Crippen molar-refractivity contribution in [3.05, 3.63) is 44.7 Å². The molecule has 0 radical (unpaired) electrons. The normalized spacial score (nSPS) is 10.2. The molecule has 0 aliphatic rings. The van der Waals surface area contributed by atoms with Crippen molar-refractivity contribution < 1.29 is 9.90 Å². The number of nitrogens with zero attached hydrogens (tertiary/aromatic N) is 1. The Hall–Kier alpha value is -1.40. The highest BCUT2D eigenvalue weighted by molar-refractivity contribution is 9.10. The Balaban J connectivity index is 2.04. The molecule has 17 heavy (non-hydrogen) atoms. The minimum absolute atomic E-state index is 0.231. The minimum atomic E-state index is -0.950. The van der Waals surface area contributed by atoms with Crippen molar-refractivity contribution in [1.82, 2.24) is 4.98 Å². The van der Waals surface area contributed by atoms with Crippen LogP contribution in [0.1, 0.15) is 15.2 Å². The van der Waals surface area contributed by atoms with Gasteiger partial charge >= 0.3 is 5.97 Å². The lowest BCUT2D eigenvalue weighted by Gasteiger charge is -2.04. The number of carbonyl (C=O) groups is 1. The minimum Gasteiger partial charge on any atom is -0.478 e. The molecule has 0 fully saturated rings. The summed E-state index contributed by atoms with van der Waals surface area (Å²) in [5.41, 5.74) is 0.231. The Morgan fingerprint density at radius 1 is 1.53 bits per heavy atom. The third-order valence-corrected chi connectivity index (χ3v) is 3.77. The molecule has 88 valence electrons. The maximum Gasteiger partial charge on any atom is 0.335 e. The van der Waals surface area contributed by atoms with Crippen LogP contribution in [0, 0.1) is 0 Å². The Morgan fingerprint density at radius 2 is 2.35 bits per heavy atom. The van der Waals surface area contributed by atoms with Gasteiger partial charge in [0.1, 0.15) is 5.82 Å². The van der Waals surface area contributed by atoms with Gasteiger partial charge in [-0.25, -0.2) is 9.78 Å². The van der Waals surface area contributed by atoms with Gasteiger partial charge in [-0.05, 0) is 34.1 Å². The van der Waals surface area contributed by atoms with E-state index in [0.29, 0.717) is 12.4 Å². The molecule has 0 unspecified atom stereocenters. The number of hydrogen-bond acceptors (Lipinski definition) is 4. The van der Waals surface area contributed by atoms with Crippen LogP contribution in [0.5, 0.6) is 0 Å². The molecule has 2 aromatic heterocycles. The maximum absolute atomic E-state index is 10.8. The van der Waals surface area contributed by atoms with Crippen LogP contribution in [0.2, 0.25) is 0 Å². The highest BCUT2D eigenvalue weighted by Gasteiger charge is 2.04. The van der Waals surface area contributed by atoms with Gasteiger partial charge in [-0.1, -0.05) is 0 Å². The molecule has 0 saturated heterocycles. The van der Waals surface area contributed by atoms with Gasteiger partial charge in [0, 0.05) is 20.9 Å².